The molecule has 5 nitrogen and oxygen atoms in total. The molecule has 21 heavy (non-hydrogen) atoms. The van der Waals surface area contributed by atoms with E-state index in [1.165, 1.54) is 0 Å². The molecule has 2 aliphatic heterocycles. The maximum atomic E-state index is 5.48. The summed E-state index contributed by atoms with van der Waals surface area (Å²) in [4.78, 5) is 4.60. The summed E-state index contributed by atoms with van der Waals surface area (Å²) in [6.07, 6.45) is 4.17. The average Bonchev–Trinajstić information content (AvgIpc) is 2.93. The quantitative estimate of drug-likeness (QED) is 0.928. The van der Waals surface area contributed by atoms with Crippen LogP contribution >= 0.6 is 0 Å². The van der Waals surface area contributed by atoms with Crippen LogP contribution in [-0.4, -0.2) is 34.4 Å². The molecule has 0 aliphatic carbocycles. The molecule has 1 aromatic heterocycles. The van der Waals surface area contributed by atoms with Gasteiger partial charge in [0, 0.05) is 30.0 Å². The number of hydrogen-bond acceptors (Lipinski definition) is 5. The van der Waals surface area contributed by atoms with Crippen molar-refractivity contribution < 1.29 is 9.26 Å². The summed E-state index contributed by atoms with van der Waals surface area (Å²) in [6, 6.07) is 0. The van der Waals surface area contributed by atoms with Crippen molar-refractivity contribution in [2.45, 2.75) is 70.4 Å². The van der Waals surface area contributed by atoms with Crippen molar-refractivity contribution in [1.29, 1.82) is 0 Å². The molecule has 0 spiro atoms. The molecule has 0 unspecified atom stereocenters. The summed E-state index contributed by atoms with van der Waals surface area (Å²) in [5.74, 6) is 2.53. The molecule has 0 saturated carbocycles. The summed E-state index contributed by atoms with van der Waals surface area (Å²) in [7, 11) is 0. The first-order valence-electron chi connectivity index (χ1n) is 8.03. The first-order valence-corrected chi connectivity index (χ1v) is 8.03. The highest BCUT2D eigenvalue weighted by Gasteiger charge is 2.38. The van der Waals surface area contributed by atoms with Crippen molar-refractivity contribution in [3.05, 3.63) is 11.7 Å². The highest BCUT2D eigenvalue weighted by molar-refractivity contribution is 5.01. The van der Waals surface area contributed by atoms with Crippen molar-refractivity contribution in [3.63, 3.8) is 0 Å². The lowest BCUT2D eigenvalue weighted by atomic mass is 9.75. The maximum Gasteiger partial charge on any atom is 0.226 e. The summed E-state index contributed by atoms with van der Waals surface area (Å²) in [5, 5.41) is 7.87. The van der Waals surface area contributed by atoms with Gasteiger partial charge in [0.2, 0.25) is 5.89 Å². The average molecular weight is 293 g/mol. The van der Waals surface area contributed by atoms with E-state index in [9.17, 15) is 0 Å². The van der Waals surface area contributed by atoms with Gasteiger partial charge in [0.25, 0.3) is 0 Å². The number of nitrogens with one attached hydrogen (secondary N) is 1. The van der Waals surface area contributed by atoms with Gasteiger partial charge in [-0.15, -0.1) is 0 Å². The Morgan fingerprint density at radius 2 is 1.90 bits per heavy atom. The van der Waals surface area contributed by atoms with Gasteiger partial charge in [0.1, 0.15) is 0 Å². The lowest BCUT2D eigenvalue weighted by Crippen LogP contribution is -2.58. The van der Waals surface area contributed by atoms with Crippen LogP contribution in [0.15, 0.2) is 4.52 Å². The normalized spacial score (nSPS) is 28.9. The van der Waals surface area contributed by atoms with Gasteiger partial charge in [-0.05, 0) is 52.9 Å². The predicted molar refractivity (Wildman–Crippen MR) is 80.2 cm³/mol. The Balaban J connectivity index is 1.66. The fourth-order valence-corrected chi connectivity index (χ4v) is 4.18. The number of nitrogens with zero attached hydrogens (tertiary/aromatic N) is 2. The van der Waals surface area contributed by atoms with E-state index >= 15 is 0 Å². The van der Waals surface area contributed by atoms with Crippen LogP contribution in [0.3, 0.4) is 0 Å². The van der Waals surface area contributed by atoms with Crippen LogP contribution < -0.4 is 5.32 Å². The number of hydrogen-bond donors (Lipinski definition) is 1. The summed E-state index contributed by atoms with van der Waals surface area (Å²) in [6.45, 7) is 10.6. The molecule has 3 heterocycles. The zero-order valence-electron chi connectivity index (χ0n) is 13.6. The van der Waals surface area contributed by atoms with E-state index in [4.69, 9.17) is 9.26 Å². The molecule has 5 heteroatoms. The molecule has 2 saturated heterocycles. The minimum atomic E-state index is 0.161. The van der Waals surface area contributed by atoms with E-state index in [2.05, 4.69) is 43.2 Å². The molecule has 2 fully saturated rings. The second-order valence-corrected chi connectivity index (χ2v) is 7.98. The molecular formula is C16H27N3O2. The topological polar surface area (TPSA) is 60.2 Å². The van der Waals surface area contributed by atoms with Crippen molar-refractivity contribution in [2.75, 3.05) is 13.2 Å². The third-order valence-corrected chi connectivity index (χ3v) is 4.52. The van der Waals surface area contributed by atoms with Crippen molar-refractivity contribution in [1.82, 2.24) is 15.5 Å². The van der Waals surface area contributed by atoms with E-state index in [0.29, 0.717) is 11.8 Å². The third-order valence-electron chi connectivity index (χ3n) is 4.52. The predicted octanol–water partition coefficient (Wildman–Crippen LogP) is 2.67. The second-order valence-electron chi connectivity index (χ2n) is 7.98. The SMILES string of the molecule is CC1(C)CC(Cc2nc([C@@H]3CCOC3)no2)CC(C)(C)N1. The minimum Gasteiger partial charge on any atom is -0.381 e. The van der Waals surface area contributed by atoms with E-state index in [1.54, 1.807) is 0 Å². The lowest BCUT2D eigenvalue weighted by Gasteiger charge is -2.46. The highest BCUT2D eigenvalue weighted by Crippen LogP contribution is 2.34. The molecule has 0 radical (unpaired) electrons. The number of ether oxygens (including phenoxy) is 1. The molecule has 1 atom stereocenters. The molecule has 0 bridgehead atoms. The summed E-state index contributed by atoms with van der Waals surface area (Å²) < 4.78 is 10.9. The zero-order valence-corrected chi connectivity index (χ0v) is 13.6. The smallest absolute Gasteiger partial charge is 0.226 e. The van der Waals surface area contributed by atoms with Gasteiger partial charge in [0.15, 0.2) is 5.82 Å². The highest BCUT2D eigenvalue weighted by atomic mass is 16.5. The van der Waals surface area contributed by atoms with E-state index in [0.717, 1.165) is 50.6 Å². The molecular weight excluding hydrogens is 266 g/mol. The van der Waals surface area contributed by atoms with Gasteiger partial charge in [0.05, 0.1) is 6.61 Å². The number of rotatable bonds is 3. The van der Waals surface area contributed by atoms with Crippen molar-refractivity contribution in [3.8, 4) is 0 Å². The van der Waals surface area contributed by atoms with Crippen molar-refractivity contribution in [2.24, 2.45) is 5.92 Å². The van der Waals surface area contributed by atoms with E-state index in [1.807, 2.05) is 0 Å². The summed E-state index contributed by atoms with van der Waals surface area (Å²) in [5.41, 5.74) is 0.323. The van der Waals surface area contributed by atoms with Crippen molar-refractivity contribution >= 4 is 0 Å². The first-order chi connectivity index (χ1) is 9.83. The van der Waals surface area contributed by atoms with Crippen LogP contribution in [0.5, 0.6) is 0 Å². The Labute approximate surface area is 126 Å². The number of piperidine rings is 1. The van der Waals surface area contributed by atoms with Crippen LogP contribution in [0.2, 0.25) is 0 Å². The van der Waals surface area contributed by atoms with E-state index in [-0.39, 0.29) is 11.1 Å². The lowest BCUT2D eigenvalue weighted by molar-refractivity contribution is 0.123. The standard InChI is InChI=1S/C16H27N3O2/c1-15(2)8-11(9-16(3,4)19-15)7-13-17-14(18-21-13)12-5-6-20-10-12/h11-12,19H,5-10H2,1-4H3/t12-/m1/s1. The zero-order chi connectivity index (χ0) is 15.1. The monoisotopic (exact) mass is 293 g/mol. The molecule has 0 amide bonds. The summed E-state index contributed by atoms with van der Waals surface area (Å²) >= 11 is 0. The Bertz CT molecular complexity index is 473. The Hall–Kier alpha value is -0.940. The molecule has 1 N–H and O–H groups in total. The fraction of sp³-hybridized carbons (Fsp3) is 0.875. The van der Waals surface area contributed by atoms with Crippen LogP contribution in [0.1, 0.15) is 64.6 Å². The minimum absolute atomic E-state index is 0.161. The fourth-order valence-electron chi connectivity index (χ4n) is 4.18. The van der Waals surface area contributed by atoms with Crippen LogP contribution in [-0.2, 0) is 11.2 Å². The van der Waals surface area contributed by atoms with Gasteiger partial charge in [-0.25, -0.2) is 0 Å². The van der Waals surface area contributed by atoms with E-state index < -0.39 is 0 Å². The Morgan fingerprint density at radius 3 is 2.52 bits per heavy atom. The molecule has 2 aliphatic rings. The van der Waals surface area contributed by atoms with Gasteiger partial charge in [-0.3, -0.25) is 0 Å². The maximum absolute atomic E-state index is 5.48. The van der Waals surface area contributed by atoms with Gasteiger partial charge in [-0.2, -0.15) is 4.98 Å². The number of aromatic nitrogens is 2. The van der Waals surface area contributed by atoms with Gasteiger partial charge < -0.3 is 14.6 Å². The largest absolute Gasteiger partial charge is 0.381 e. The molecule has 3 rings (SSSR count). The Kier molecular flexibility index (Phi) is 3.82. The van der Waals surface area contributed by atoms with Crippen LogP contribution in [0, 0.1) is 5.92 Å². The van der Waals surface area contributed by atoms with Gasteiger partial charge in [-0.1, -0.05) is 5.16 Å². The van der Waals surface area contributed by atoms with Crippen LogP contribution in [0.4, 0.5) is 0 Å². The van der Waals surface area contributed by atoms with Crippen LogP contribution in [0.25, 0.3) is 0 Å². The second kappa shape index (κ2) is 5.36. The molecule has 118 valence electrons. The third kappa shape index (κ3) is 3.64. The Morgan fingerprint density at radius 1 is 1.19 bits per heavy atom. The first kappa shape index (κ1) is 15.0. The molecule has 1 aromatic rings. The van der Waals surface area contributed by atoms with Gasteiger partial charge >= 0.3 is 0 Å². The molecule has 0 aromatic carbocycles.